The van der Waals surface area contributed by atoms with Gasteiger partial charge in [0, 0.05) is 6.61 Å². The van der Waals surface area contributed by atoms with E-state index in [1.54, 1.807) is 11.3 Å². The van der Waals surface area contributed by atoms with E-state index in [1.165, 1.54) is 13.1 Å². The van der Waals surface area contributed by atoms with Gasteiger partial charge in [-0.1, -0.05) is 13.8 Å². The Morgan fingerprint density at radius 1 is 1.56 bits per heavy atom. The summed E-state index contributed by atoms with van der Waals surface area (Å²) in [7, 11) is 0. The zero-order valence-corrected chi connectivity index (χ0v) is 14.7. The maximum Gasteiger partial charge on any atom is 0.0796 e. The number of ether oxygens (including phenoxy) is 1. The molecule has 1 aromatic rings. The van der Waals surface area contributed by atoms with Crippen LogP contribution in [0, 0.1) is 5.92 Å². The molecule has 18 heavy (non-hydrogen) atoms. The SMILES string of the molecule is CCCNC(c1cc(Br)sc1Br)C1OCCC1C. The molecule has 0 spiro atoms. The number of halogens is 2. The Kier molecular flexibility index (Phi) is 5.69. The van der Waals surface area contributed by atoms with Crippen molar-refractivity contribution >= 4 is 43.2 Å². The molecule has 0 aliphatic carbocycles. The van der Waals surface area contributed by atoms with Crippen molar-refractivity contribution in [1.82, 2.24) is 5.32 Å². The van der Waals surface area contributed by atoms with E-state index >= 15 is 0 Å². The third-order valence-electron chi connectivity index (χ3n) is 3.41. The molecule has 0 radical (unpaired) electrons. The quantitative estimate of drug-likeness (QED) is 0.775. The van der Waals surface area contributed by atoms with E-state index in [9.17, 15) is 0 Å². The molecule has 1 N–H and O–H groups in total. The molecular weight excluding hydrogens is 378 g/mol. The molecule has 1 aliphatic heterocycles. The Morgan fingerprint density at radius 3 is 2.83 bits per heavy atom. The molecule has 1 fully saturated rings. The second-order valence-electron chi connectivity index (χ2n) is 4.81. The predicted molar refractivity (Wildman–Crippen MR) is 84.3 cm³/mol. The minimum absolute atomic E-state index is 0.286. The summed E-state index contributed by atoms with van der Waals surface area (Å²) in [5, 5.41) is 3.64. The van der Waals surface area contributed by atoms with Gasteiger partial charge in [-0.3, -0.25) is 0 Å². The van der Waals surface area contributed by atoms with Crippen LogP contribution >= 0.6 is 43.2 Å². The Morgan fingerprint density at radius 2 is 2.33 bits per heavy atom. The summed E-state index contributed by atoms with van der Waals surface area (Å²) in [4.78, 5) is 0. The van der Waals surface area contributed by atoms with Crippen LogP contribution < -0.4 is 5.32 Å². The zero-order chi connectivity index (χ0) is 13.1. The molecule has 2 nitrogen and oxygen atoms in total. The molecule has 5 heteroatoms. The molecule has 0 saturated carbocycles. The monoisotopic (exact) mass is 395 g/mol. The molecule has 2 rings (SSSR count). The Bertz CT molecular complexity index is 396. The maximum absolute atomic E-state index is 5.95. The standard InChI is InChI=1S/C13H19Br2NOS/c1-3-5-16-11(12-8(2)4-6-17-12)9-7-10(14)18-13(9)15/h7-8,11-12,16H,3-6H2,1-2H3. The molecular formula is C13H19Br2NOS. The number of hydrogen-bond acceptors (Lipinski definition) is 3. The topological polar surface area (TPSA) is 21.3 Å². The van der Waals surface area contributed by atoms with Crippen LogP contribution in [0.3, 0.4) is 0 Å². The van der Waals surface area contributed by atoms with E-state index < -0.39 is 0 Å². The highest BCUT2D eigenvalue weighted by atomic mass is 79.9. The molecule has 0 amide bonds. The van der Waals surface area contributed by atoms with Gasteiger partial charge >= 0.3 is 0 Å². The summed E-state index contributed by atoms with van der Waals surface area (Å²) < 4.78 is 8.31. The number of hydrogen-bond donors (Lipinski definition) is 1. The van der Waals surface area contributed by atoms with Crippen LogP contribution in [0.2, 0.25) is 0 Å². The van der Waals surface area contributed by atoms with Crippen LogP contribution in [0.4, 0.5) is 0 Å². The van der Waals surface area contributed by atoms with Crippen molar-refractivity contribution < 1.29 is 4.74 Å². The fourth-order valence-electron chi connectivity index (χ4n) is 2.41. The lowest BCUT2D eigenvalue weighted by Gasteiger charge is -2.27. The van der Waals surface area contributed by atoms with Crippen molar-refractivity contribution in [3.63, 3.8) is 0 Å². The van der Waals surface area contributed by atoms with Crippen molar-refractivity contribution in [3.8, 4) is 0 Å². The third kappa shape index (κ3) is 3.37. The van der Waals surface area contributed by atoms with Crippen molar-refractivity contribution in [2.45, 2.75) is 38.8 Å². The number of rotatable bonds is 5. The molecule has 3 atom stereocenters. The van der Waals surface area contributed by atoms with Gasteiger partial charge in [0.15, 0.2) is 0 Å². The lowest BCUT2D eigenvalue weighted by atomic mass is 9.94. The fraction of sp³-hybridized carbons (Fsp3) is 0.692. The second kappa shape index (κ2) is 6.84. The molecule has 0 bridgehead atoms. The molecule has 0 aromatic carbocycles. The molecule has 1 aromatic heterocycles. The summed E-state index contributed by atoms with van der Waals surface area (Å²) in [5.74, 6) is 0.616. The van der Waals surface area contributed by atoms with Gasteiger partial charge in [-0.25, -0.2) is 0 Å². The van der Waals surface area contributed by atoms with E-state index in [4.69, 9.17) is 4.74 Å². The van der Waals surface area contributed by atoms with Gasteiger partial charge in [-0.15, -0.1) is 11.3 Å². The van der Waals surface area contributed by atoms with E-state index in [0.29, 0.717) is 12.0 Å². The van der Waals surface area contributed by atoms with E-state index in [0.717, 1.165) is 26.0 Å². The Hall–Kier alpha value is 0.580. The summed E-state index contributed by atoms with van der Waals surface area (Å²) in [6.45, 7) is 6.39. The molecule has 3 unspecified atom stereocenters. The smallest absolute Gasteiger partial charge is 0.0796 e. The van der Waals surface area contributed by atoms with E-state index in [2.05, 4.69) is 57.1 Å². The largest absolute Gasteiger partial charge is 0.376 e. The van der Waals surface area contributed by atoms with Gasteiger partial charge < -0.3 is 10.1 Å². The Labute approximate surface area is 130 Å². The van der Waals surface area contributed by atoms with Crippen molar-refractivity contribution in [2.24, 2.45) is 5.92 Å². The summed E-state index contributed by atoms with van der Waals surface area (Å²) in [5.41, 5.74) is 1.32. The first-order chi connectivity index (χ1) is 8.63. The van der Waals surface area contributed by atoms with Crippen molar-refractivity contribution in [3.05, 3.63) is 19.2 Å². The fourth-order valence-corrected chi connectivity index (χ4v) is 5.34. The summed E-state index contributed by atoms with van der Waals surface area (Å²) in [6, 6.07) is 2.50. The van der Waals surface area contributed by atoms with Crippen LogP contribution in [0.5, 0.6) is 0 Å². The number of nitrogens with one attached hydrogen (secondary N) is 1. The van der Waals surface area contributed by atoms with E-state index in [-0.39, 0.29) is 6.10 Å². The average Bonchev–Trinajstić information content (AvgIpc) is 2.87. The molecule has 1 aliphatic rings. The predicted octanol–water partition coefficient (Wildman–Crippen LogP) is 4.74. The van der Waals surface area contributed by atoms with Gasteiger partial charge in [0.1, 0.15) is 0 Å². The van der Waals surface area contributed by atoms with Crippen LogP contribution in [-0.2, 0) is 4.74 Å². The molecule has 102 valence electrons. The molecule has 1 saturated heterocycles. The highest BCUT2D eigenvalue weighted by Crippen LogP contribution is 2.40. The zero-order valence-electron chi connectivity index (χ0n) is 10.7. The minimum atomic E-state index is 0.286. The highest BCUT2D eigenvalue weighted by molar-refractivity contribution is 9.12. The summed E-state index contributed by atoms with van der Waals surface area (Å²) >= 11 is 8.96. The first-order valence-corrected chi connectivity index (χ1v) is 8.83. The van der Waals surface area contributed by atoms with Crippen LogP contribution in [-0.4, -0.2) is 19.3 Å². The number of thiophene rings is 1. The van der Waals surface area contributed by atoms with Gasteiger partial charge in [0.2, 0.25) is 0 Å². The Balaban J connectivity index is 2.21. The second-order valence-corrected chi connectivity index (χ2v) is 8.56. The van der Waals surface area contributed by atoms with E-state index in [1.807, 2.05) is 0 Å². The van der Waals surface area contributed by atoms with Crippen LogP contribution in [0.25, 0.3) is 0 Å². The van der Waals surface area contributed by atoms with Gasteiger partial charge in [-0.2, -0.15) is 0 Å². The summed E-state index contributed by atoms with van der Waals surface area (Å²) in [6.07, 6.45) is 2.59. The lowest BCUT2D eigenvalue weighted by molar-refractivity contribution is 0.0606. The highest BCUT2D eigenvalue weighted by Gasteiger charge is 2.34. The first kappa shape index (κ1) is 15.0. The third-order valence-corrected chi connectivity index (χ3v) is 5.79. The van der Waals surface area contributed by atoms with Crippen molar-refractivity contribution in [2.75, 3.05) is 13.2 Å². The lowest BCUT2D eigenvalue weighted by Crippen LogP contribution is -2.35. The van der Waals surface area contributed by atoms with Gasteiger partial charge in [0.05, 0.1) is 19.7 Å². The van der Waals surface area contributed by atoms with Gasteiger partial charge in [-0.05, 0) is 68.8 Å². The normalized spacial score (nSPS) is 25.6. The maximum atomic E-state index is 5.95. The first-order valence-electron chi connectivity index (χ1n) is 6.43. The van der Waals surface area contributed by atoms with Crippen LogP contribution in [0.15, 0.2) is 13.6 Å². The average molecular weight is 397 g/mol. The minimum Gasteiger partial charge on any atom is -0.376 e. The molecule has 2 heterocycles. The van der Waals surface area contributed by atoms with Gasteiger partial charge in [0.25, 0.3) is 0 Å². The van der Waals surface area contributed by atoms with Crippen molar-refractivity contribution in [1.29, 1.82) is 0 Å². The van der Waals surface area contributed by atoms with Crippen LogP contribution in [0.1, 0.15) is 38.3 Å².